The number of nitrogens with zero attached hydrogens (tertiary/aromatic N) is 2. The molecule has 0 spiro atoms. The number of benzene rings is 1. The SMILES string of the molecule is CCNC(=NCc1cccnc1OCC)NCCc1cccc(F)c1.I. The second-order valence-corrected chi connectivity index (χ2v) is 5.40. The average molecular weight is 472 g/mol. The van der Waals surface area contributed by atoms with E-state index in [-0.39, 0.29) is 29.8 Å². The summed E-state index contributed by atoms with van der Waals surface area (Å²) in [6.07, 6.45) is 2.43. The highest BCUT2D eigenvalue weighted by atomic mass is 127. The number of aliphatic imine (C=N–C) groups is 1. The molecule has 2 rings (SSSR count). The van der Waals surface area contributed by atoms with Crippen LogP contribution in [0.5, 0.6) is 5.88 Å². The zero-order chi connectivity index (χ0) is 17.9. The molecular weight excluding hydrogens is 446 g/mol. The highest BCUT2D eigenvalue weighted by Crippen LogP contribution is 2.15. The predicted molar refractivity (Wildman–Crippen MR) is 114 cm³/mol. The number of ether oxygens (including phenoxy) is 1. The predicted octanol–water partition coefficient (Wildman–Crippen LogP) is 3.54. The van der Waals surface area contributed by atoms with Gasteiger partial charge in [-0.3, -0.25) is 0 Å². The lowest BCUT2D eigenvalue weighted by Gasteiger charge is -2.12. The molecule has 2 N–H and O–H groups in total. The molecule has 0 aliphatic carbocycles. The smallest absolute Gasteiger partial charge is 0.218 e. The summed E-state index contributed by atoms with van der Waals surface area (Å²) >= 11 is 0. The summed E-state index contributed by atoms with van der Waals surface area (Å²) in [6, 6.07) is 10.5. The molecule has 26 heavy (non-hydrogen) atoms. The van der Waals surface area contributed by atoms with E-state index >= 15 is 0 Å². The van der Waals surface area contributed by atoms with Crippen molar-refractivity contribution in [1.29, 1.82) is 0 Å². The molecule has 0 unspecified atom stereocenters. The number of rotatable bonds is 8. The van der Waals surface area contributed by atoms with Crippen LogP contribution >= 0.6 is 24.0 Å². The summed E-state index contributed by atoms with van der Waals surface area (Å²) in [5.41, 5.74) is 1.89. The van der Waals surface area contributed by atoms with Crippen LogP contribution in [0.2, 0.25) is 0 Å². The molecule has 1 heterocycles. The lowest BCUT2D eigenvalue weighted by atomic mass is 10.1. The molecule has 0 aliphatic rings. The zero-order valence-electron chi connectivity index (χ0n) is 15.2. The van der Waals surface area contributed by atoms with E-state index in [1.54, 1.807) is 18.3 Å². The van der Waals surface area contributed by atoms with Gasteiger partial charge < -0.3 is 15.4 Å². The molecule has 0 saturated heterocycles. The zero-order valence-corrected chi connectivity index (χ0v) is 17.5. The summed E-state index contributed by atoms with van der Waals surface area (Å²) in [7, 11) is 0. The van der Waals surface area contributed by atoms with E-state index in [1.807, 2.05) is 32.0 Å². The van der Waals surface area contributed by atoms with Gasteiger partial charge in [-0.05, 0) is 44.0 Å². The molecule has 2 aromatic rings. The van der Waals surface area contributed by atoms with Crippen molar-refractivity contribution in [2.75, 3.05) is 19.7 Å². The van der Waals surface area contributed by atoms with Crippen LogP contribution in [-0.2, 0) is 13.0 Å². The number of nitrogens with one attached hydrogen (secondary N) is 2. The van der Waals surface area contributed by atoms with E-state index in [1.165, 1.54) is 6.07 Å². The number of hydrogen-bond acceptors (Lipinski definition) is 3. The van der Waals surface area contributed by atoms with Crippen LogP contribution in [0, 0.1) is 5.82 Å². The minimum absolute atomic E-state index is 0. The summed E-state index contributed by atoms with van der Waals surface area (Å²) in [4.78, 5) is 8.81. The fourth-order valence-corrected chi connectivity index (χ4v) is 2.33. The largest absolute Gasteiger partial charge is 0.478 e. The van der Waals surface area contributed by atoms with E-state index in [4.69, 9.17) is 4.74 Å². The highest BCUT2D eigenvalue weighted by Gasteiger charge is 2.04. The van der Waals surface area contributed by atoms with Gasteiger partial charge >= 0.3 is 0 Å². The van der Waals surface area contributed by atoms with Gasteiger partial charge in [0.25, 0.3) is 0 Å². The van der Waals surface area contributed by atoms with Gasteiger partial charge in [-0.1, -0.05) is 18.2 Å². The quantitative estimate of drug-likeness (QED) is 0.351. The summed E-state index contributed by atoms with van der Waals surface area (Å²) in [5.74, 6) is 1.12. The van der Waals surface area contributed by atoms with Gasteiger partial charge in [0.1, 0.15) is 5.82 Å². The molecule has 0 atom stereocenters. The van der Waals surface area contributed by atoms with E-state index < -0.39 is 0 Å². The Bertz CT molecular complexity index is 697. The van der Waals surface area contributed by atoms with Gasteiger partial charge in [0.2, 0.25) is 5.88 Å². The van der Waals surface area contributed by atoms with Crippen LogP contribution in [0.4, 0.5) is 4.39 Å². The first-order valence-corrected chi connectivity index (χ1v) is 8.56. The van der Waals surface area contributed by atoms with Gasteiger partial charge in [-0.15, -0.1) is 24.0 Å². The third kappa shape index (κ3) is 7.55. The van der Waals surface area contributed by atoms with Crippen molar-refractivity contribution in [2.24, 2.45) is 4.99 Å². The Kier molecular flexibility index (Phi) is 10.6. The summed E-state index contributed by atoms with van der Waals surface area (Å²) in [6.45, 7) is 6.41. The minimum Gasteiger partial charge on any atom is -0.478 e. The molecule has 0 aliphatic heterocycles. The van der Waals surface area contributed by atoms with E-state index in [0.29, 0.717) is 31.5 Å². The van der Waals surface area contributed by atoms with Gasteiger partial charge in [-0.2, -0.15) is 0 Å². The average Bonchev–Trinajstić information content (AvgIpc) is 2.61. The molecule has 0 fully saturated rings. The first-order valence-electron chi connectivity index (χ1n) is 8.56. The van der Waals surface area contributed by atoms with Crippen LogP contribution in [0.3, 0.4) is 0 Å². The monoisotopic (exact) mass is 472 g/mol. The summed E-state index contributed by atoms with van der Waals surface area (Å²) in [5, 5.41) is 6.47. The van der Waals surface area contributed by atoms with Crippen LogP contribution < -0.4 is 15.4 Å². The van der Waals surface area contributed by atoms with E-state index in [2.05, 4.69) is 20.6 Å². The standard InChI is InChI=1S/C19H25FN4O.HI/c1-3-21-19(23-12-10-15-7-5-9-17(20)13-15)24-14-16-8-6-11-22-18(16)25-4-2;/h5-9,11,13H,3-4,10,12,14H2,1-2H3,(H2,21,23,24);1H. The summed E-state index contributed by atoms with van der Waals surface area (Å²) < 4.78 is 18.7. The van der Waals surface area contributed by atoms with Crippen molar-refractivity contribution < 1.29 is 9.13 Å². The second-order valence-electron chi connectivity index (χ2n) is 5.40. The number of pyridine rings is 1. The lowest BCUT2D eigenvalue weighted by molar-refractivity contribution is 0.323. The van der Waals surface area contributed by atoms with Crippen molar-refractivity contribution in [3.63, 3.8) is 0 Å². The normalized spacial score (nSPS) is 10.8. The number of hydrogen-bond donors (Lipinski definition) is 2. The Morgan fingerprint density at radius 2 is 2.04 bits per heavy atom. The van der Waals surface area contributed by atoms with Crippen molar-refractivity contribution in [1.82, 2.24) is 15.6 Å². The molecule has 0 bridgehead atoms. The van der Waals surface area contributed by atoms with Crippen LogP contribution in [0.1, 0.15) is 25.0 Å². The molecule has 142 valence electrons. The lowest BCUT2D eigenvalue weighted by Crippen LogP contribution is -2.38. The van der Waals surface area contributed by atoms with Crippen molar-refractivity contribution in [2.45, 2.75) is 26.8 Å². The van der Waals surface area contributed by atoms with Crippen molar-refractivity contribution in [3.8, 4) is 5.88 Å². The molecule has 5 nitrogen and oxygen atoms in total. The van der Waals surface area contributed by atoms with E-state index in [9.17, 15) is 4.39 Å². The maximum absolute atomic E-state index is 13.2. The molecule has 7 heteroatoms. The molecular formula is C19H26FIN4O. The maximum atomic E-state index is 13.2. The fourth-order valence-electron chi connectivity index (χ4n) is 2.33. The fraction of sp³-hybridized carbons (Fsp3) is 0.368. The van der Waals surface area contributed by atoms with Gasteiger partial charge in [0.05, 0.1) is 13.2 Å². The molecule has 1 aromatic heterocycles. The first-order chi connectivity index (χ1) is 12.2. The Labute approximate surface area is 171 Å². The van der Waals surface area contributed by atoms with E-state index in [0.717, 1.165) is 24.1 Å². The van der Waals surface area contributed by atoms with Crippen LogP contribution in [0.25, 0.3) is 0 Å². The third-order valence-electron chi connectivity index (χ3n) is 3.48. The van der Waals surface area contributed by atoms with Gasteiger partial charge in [0.15, 0.2) is 5.96 Å². The number of halogens is 2. The first kappa shape index (κ1) is 22.1. The van der Waals surface area contributed by atoms with Crippen LogP contribution in [-0.4, -0.2) is 30.6 Å². The second kappa shape index (κ2) is 12.5. The van der Waals surface area contributed by atoms with Gasteiger partial charge in [0, 0.05) is 24.8 Å². The van der Waals surface area contributed by atoms with Gasteiger partial charge in [-0.25, -0.2) is 14.4 Å². The molecule has 0 amide bonds. The Balaban J connectivity index is 0.00000338. The van der Waals surface area contributed by atoms with Crippen molar-refractivity contribution in [3.05, 3.63) is 59.5 Å². The number of aromatic nitrogens is 1. The third-order valence-corrected chi connectivity index (χ3v) is 3.48. The molecule has 1 aromatic carbocycles. The minimum atomic E-state index is -0.210. The number of guanidine groups is 1. The van der Waals surface area contributed by atoms with Crippen LogP contribution in [0.15, 0.2) is 47.6 Å². The molecule has 0 saturated carbocycles. The molecule has 0 radical (unpaired) electrons. The maximum Gasteiger partial charge on any atom is 0.218 e. The Hall–Kier alpha value is -1.90. The highest BCUT2D eigenvalue weighted by molar-refractivity contribution is 14.0. The van der Waals surface area contributed by atoms with Crippen molar-refractivity contribution >= 4 is 29.9 Å². The Morgan fingerprint density at radius 3 is 2.77 bits per heavy atom. The Morgan fingerprint density at radius 1 is 1.19 bits per heavy atom. The topological polar surface area (TPSA) is 58.5 Å².